The molecule has 0 unspecified atom stereocenters. The highest BCUT2D eigenvalue weighted by Gasteiger charge is 2.25. The van der Waals surface area contributed by atoms with Gasteiger partial charge in [-0.3, -0.25) is 9.13 Å². The molecule has 0 spiro atoms. The summed E-state index contributed by atoms with van der Waals surface area (Å²) in [6.45, 7) is 10.3. The lowest BCUT2D eigenvalue weighted by Gasteiger charge is -2.19. The molecule has 6 nitrogen and oxygen atoms in total. The molecule has 0 saturated heterocycles. The highest BCUT2D eigenvalue weighted by atomic mass is 31.2. The van der Waals surface area contributed by atoms with E-state index >= 15 is 0 Å². The maximum atomic E-state index is 12.9. The highest BCUT2D eigenvalue weighted by Crippen LogP contribution is 2.50. The van der Waals surface area contributed by atoms with E-state index < -0.39 is 15.2 Å². The molecule has 0 atom stereocenters. The van der Waals surface area contributed by atoms with Crippen molar-refractivity contribution in [3.8, 4) is 0 Å². The van der Waals surface area contributed by atoms with Crippen LogP contribution in [-0.4, -0.2) is 38.8 Å². The van der Waals surface area contributed by atoms with Gasteiger partial charge >= 0.3 is 15.2 Å². The van der Waals surface area contributed by atoms with Crippen LogP contribution in [0, 0.1) is 0 Å². The largest absolute Gasteiger partial charge is 0.330 e. The fourth-order valence-electron chi connectivity index (χ4n) is 2.69. The van der Waals surface area contributed by atoms with Crippen LogP contribution < -0.4 is 0 Å². The summed E-state index contributed by atoms with van der Waals surface area (Å²) in [4.78, 5) is 0. The Balaban J connectivity index is 4.30. The lowest BCUT2D eigenvalue weighted by atomic mass is 10.2. The predicted octanol–water partition coefficient (Wildman–Crippen LogP) is 8.20. The van der Waals surface area contributed by atoms with Gasteiger partial charge in [0.25, 0.3) is 0 Å². The molecule has 182 valence electrons. The Kier molecular flexibility index (Phi) is 20.1. The third-order valence-electron chi connectivity index (χ3n) is 4.76. The van der Waals surface area contributed by atoms with Gasteiger partial charge in [-0.15, -0.1) is 0 Å². The van der Waals surface area contributed by atoms with Crippen LogP contribution in [0.3, 0.4) is 0 Å². The van der Waals surface area contributed by atoms with E-state index in [9.17, 15) is 9.13 Å². The molecule has 0 saturated carbocycles. The summed E-state index contributed by atoms with van der Waals surface area (Å²) >= 11 is 0. The van der Waals surface area contributed by atoms with Gasteiger partial charge in [0, 0.05) is 0 Å². The Morgan fingerprint density at radius 2 is 0.700 bits per heavy atom. The van der Waals surface area contributed by atoms with E-state index in [2.05, 4.69) is 27.7 Å². The maximum absolute atomic E-state index is 12.9. The van der Waals surface area contributed by atoms with Crippen molar-refractivity contribution in [3.05, 3.63) is 0 Å². The van der Waals surface area contributed by atoms with Crippen LogP contribution in [0.1, 0.15) is 105 Å². The van der Waals surface area contributed by atoms with Crippen LogP contribution in [-0.2, 0) is 27.2 Å². The summed E-state index contributed by atoms with van der Waals surface area (Å²) in [7, 11) is -6.00. The van der Waals surface area contributed by atoms with Crippen LogP contribution in [0.15, 0.2) is 0 Å². The molecule has 0 aromatic carbocycles. The first-order valence-electron chi connectivity index (χ1n) is 12.2. The van der Waals surface area contributed by atoms with Gasteiger partial charge in [-0.25, -0.2) is 0 Å². The SMILES string of the molecule is CCCCOP(=O)(CCCCCCP(=O)(OCCCC)OCCCC)OCCCC. The normalized spacial score (nSPS) is 12.5. The van der Waals surface area contributed by atoms with Crippen molar-refractivity contribution >= 4 is 15.2 Å². The summed E-state index contributed by atoms with van der Waals surface area (Å²) in [6, 6.07) is 0. The van der Waals surface area contributed by atoms with Crippen molar-refractivity contribution in [3.63, 3.8) is 0 Å². The zero-order valence-electron chi connectivity index (χ0n) is 20.1. The van der Waals surface area contributed by atoms with Crippen molar-refractivity contribution in [1.82, 2.24) is 0 Å². The van der Waals surface area contributed by atoms with Gasteiger partial charge in [0.05, 0.1) is 38.8 Å². The van der Waals surface area contributed by atoms with Gasteiger partial charge in [-0.2, -0.15) is 0 Å². The van der Waals surface area contributed by atoms with Crippen LogP contribution >= 0.6 is 15.2 Å². The average Bonchev–Trinajstić information content (AvgIpc) is 2.72. The molecule has 0 fully saturated rings. The predicted molar refractivity (Wildman–Crippen MR) is 127 cm³/mol. The molecule has 0 aliphatic rings. The fourth-order valence-corrected chi connectivity index (χ4v) is 6.21. The van der Waals surface area contributed by atoms with Gasteiger partial charge in [0.15, 0.2) is 0 Å². The van der Waals surface area contributed by atoms with Gasteiger partial charge in [0.1, 0.15) is 0 Å². The van der Waals surface area contributed by atoms with Gasteiger partial charge in [0.2, 0.25) is 0 Å². The Hall–Kier alpha value is 0.300. The van der Waals surface area contributed by atoms with Crippen molar-refractivity contribution < 1.29 is 27.2 Å². The minimum atomic E-state index is -3.00. The zero-order valence-corrected chi connectivity index (χ0v) is 21.9. The van der Waals surface area contributed by atoms with Crippen LogP contribution in [0.2, 0.25) is 0 Å². The minimum absolute atomic E-state index is 0.456. The van der Waals surface area contributed by atoms with E-state index in [0.717, 1.165) is 77.0 Å². The van der Waals surface area contributed by atoms with E-state index in [-0.39, 0.29) is 0 Å². The lowest BCUT2D eigenvalue weighted by molar-refractivity contribution is 0.197. The van der Waals surface area contributed by atoms with E-state index in [4.69, 9.17) is 18.1 Å². The Morgan fingerprint density at radius 1 is 0.433 bits per heavy atom. The zero-order chi connectivity index (χ0) is 22.6. The van der Waals surface area contributed by atoms with E-state index in [0.29, 0.717) is 38.8 Å². The molecule has 0 bridgehead atoms. The smallest absolute Gasteiger partial charge is 0.309 e. The molecule has 8 heteroatoms. The van der Waals surface area contributed by atoms with Gasteiger partial charge in [-0.1, -0.05) is 66.2 Å². The summed E-state index contributed by atoms with van der Waals surface area (Å²) in [5.41, 5.74) is 0. The van der Waals surface area contributed by atoms with E-state index in [1.807, 2.05) is 0 Å². The number of hydrogen-bond acceptors (Lipinski definition) is 6. The van der Waals surface area contributed by atoms with Crippen molar-refractivity contribution in [1.29, 1.82) is 0 Å². The molecule has 0 N–H and O–H groups in total. The Labute approximate surface area is 186 Å². The van der Waals surface area contributed by atoms with Crippen molar-refractivity contribution in [2.75, 3.05) is 38.8 Å². The fraction of sp³-hybridized carbons (Fsp3) is 1.00. The van der Waals surface area contributed by atoms with Crippen LogP contribution in [0.5, 0.6) is 0 Å². The molecule has 0 amide bonds. The summed E-state index contributed by atoms with van der Waals surface area (Å²) in [5.74, 6) is 0. The number of unbranched alkanes of at least 4 members (excludes halogenated alkanes) is 7. The first kappa shape index (κ1) is 30.3. The molecule has 30 heavy (non-hydrogen) atoms. The van der Waals surface area contributed by atoms with E-state index in [1.54, 1.807) is 0 Å². The Bertz CT molecular complexity index is 403. The van der Waals surface area contributed by atoms with Crippen LogP contribution in [0.25, 0.3) is 0 Å². The Morgan fingerprint density at radius 3 is 0.933 bits per heavy atom. The molecular formula is C22H48O6P2. The minimum Gasteiger partial charge on any atom is -0.309 e. The molecule has 0 aromatic heterocycles. The third kappa shape index (κ3) is 16.9. The van der Waals surface area contributed by atoms with Gasteiger partial charge < -0.3 is 18.1 Å². The molecular weight excluding hydrogens is 422 g/mol. The molecule has 0 aliphatic carbocycles. The molecule has 0 radical (unpaired) electrons. The molecule has 0 rings (SSSR count). The molecule has 0 aromatic rings. The van der Waals surface area contributed by atoms with E-state index in [1.165, 1.54) is 0 Å². The van der Waals surface area contributed by atoms with Crippen molar-refractivity contribution in [2.24, 2.45) is 0 Å². The maximum Gasteiger partial charge on any atom is 0.330 e. The summed E-state index contributed by atoms with van der Waals surface area (Å²) in [6.07, 6.45) is 11.9. The second-order valence-electron chi connectivity index (χ2n) is 7.83. The number of rotatable bonds is 23. The average molecular weight is 471 g/mol. The third-order valence-corrected chi connectivity index (χ3v) is 8.79. The first-order valence-corrected chi connectivity index (χ1v) is 15.7. The second-order valence-corrected chi connectivity index (χ2v) is 12.2. The first-order chi connectivity index (χ1) is 14.4. The van der Waals surface area contributed by atoms with Crippen LogP contribution in [0.4, 0.5) is 0 Å². The highest BCUT2D eigenvalue weighted by molar-refractivity contribution is 7.54. The molecule has 0 aliphatic heterocycles. The summed E-state index contributed by atoms with van der Waals surface area (Å²) in [5, 5.41) is 0. The van der Waals surface area contributed by atoms with Crippen molar-refractivity contribution in [2.45, 2.75) is 105 Å². The molecule has 0 heterocycles. The standard InChI is InChI=1S/C22H48O6P2/c1-5-9-17-25-29(23,26-18-10-6-2)21-15-13-14-16-22-30(24,27-19-11-7-3)28-20-12-8-4/h5-22H2,1-4H3. The van der Waals surface area contributed by atoms with Gasteiger partial charge in [-0.05, 0) is 38.5 Å². The second kappa shape index (κ2) is 19.9. The summed E-state index contributed by atoms with van der Waals surface area (Å²) < 4.78 is 48.4. The number of hydrogen-bond donors (Lipinski definition) is 0. The lowest BCUT2D eigenvalue weighted by Crippen LogP contribution is -2.04. The monoisotopic (exact) mass is 470 g/mol. The topological polar surface area (TPSA) is 71.1 Å². The quantitative estimate of drug-likeness (QED) is 0.111.